The molecule has 3 heterocycles. The number of anilines is 3. The third kappa shape index (κ3) is 6.76. The van der Waals surface area contributed by atoms with Crippen LogP contribution in [0.4, 0.5) is 17.3 Å². The Morgan fingerprint density at radius 2 is 1.82 bits per heavy atom. The third-order valence-electron chi connectivity index (χ3n) is 5.40. The number of benzene rings is 1. The Morgan fingerprint density at radius 1 is 1.12 bits per heavy atom. The van der Waals surface area contributed by atoms with Gasteiger partial charge in [0.15, 0.2) is 0 Å². The van der Waals surface area contributed by atoms with Crippen LogP contribution in [0.25, 0.3) is 0 Å². The van der Waals surface area contributed by atoms with E-state index in [4.69, 9.17) is 28.6 Å². The first-order valence-corrected chi connectivity index (χ1v) is 11.0. The smallest absolute Gasteiger partial charge is 0.276 e. The van der Waals surface area contributed by atoms with Crippen molar-refractivity contribution in [3.8, 4) is 0 Å². The lowest BCUT2D eigenvalue weighted by Gasteiger charge is -2.34. The Balaban J connectivity index is 0.00000204. The van der Waals surface area contributed by atoms with Crippen molar-refractivity contribution in [2.75, 3.05) is 28.6 Å². The number of H-pyrrole nitrogens is 1. The second kappa shape index (κ2) is 12.8. The number of aromatic amines is 1. The van der Waals surface area contributed by atoms with Gasteiger partial charge in [-0.25, -0.2) is 4.98 Å². The van der Waals surface area contributed by atoms with Gasteiger partial charge >= 0.3 is 0 Å². The number of piperidine rings is 1. The van der Waals surface area contributed by atoms with E-state index in [1.165, 1.54) is 0 Å². The average Bonchev–Trinajstić information content (AvgIpc) is 2.82. The van der Waals surface area contributed by atoms with Crippen molar-refractivity contribution in [3.63, 3.8) is 0 Å². The molecule has 1 saturated heterocycles. The fraction of sp³-hybridized carbons (Fsp3) is 0.273. The van der Waals surface area contributed by atoms with E-state index in [9.17, 15) is 4.79 Å². The predicted molar refractivity (Wildman–Crippen MR) is 144 cm³/mol. The standard InChI is InChI=1S/C22H23Cl2N7O.2ClH/c23-17-2-1-14(11-18(17)24)13-27-22-29-19(12-25)20(21(32)30-22)28-15-5-9-31(10-6-15)16-3-7-26-8-4-16;;/h1-4,7-8,11-12,15,25,28H,5-6,9-10,13H2,(H2,27,29,30,32);2*1H. The largest absolute Gasteiger partial charge is 0.376 e. The van der Waals surface area contributed by atoms with Gasteiger partial charge < -0.3 is 20.9 Å². The molecule has 0 amide bonds. The summed E-state index contributed by atoms with van der Waals surface area (Å²) in [5, 5.41) is 15.0. The Morgan fingerprint density at radius 3 is 2.47 bits per heavy atom. The van der Waals surface area contributed by atoms with Crippen molar-refractivity contribution >= 4 is 71.6 Å². The van der Waals surface area contributed by atoms with Crippen LogP contribution >= 0.6 is 48.0 Å². The zero-order valence-corrected chi connectivity index (χ0v) is 21.2. The zero-order chi connectivity index (χ0) is 22.5. The van der Waals surface area contributed by atoms with Crippen LogP contribution in [0.5, 0.6) is 0 Å². The van der Waals surface area contributed by atoms with E-state index in [-0.39, 0.29) is 42.4 Å². The van der Waals surface area contributed by atoms with E-state index < -0.39 is 0 Å². The van der Waals surface area contributed by atoms with Gasteiger partial charge in [-0.05, 0) is 42.7 Å². The number of aromatic nitrogens is 3. The second-order valence-electron chi connectivity index (χ2n) is 7.53. The highest BCUT2D eigenvalue weighted by molar-refractivity contribution is 6.42. The van der Waals surface area contributed by atoms with E-state index >= 15 is 0 Å². The minimum atomic E-state index is -0.313. The molecule has 0 bridgehead atoms. The van der Waals surface area contributed by atoms with Gasteiger partial charge in [0.05, 0.1) is 10.0 Å². The minimum absolute atomic E-state index is 0. The molecule has 4 N–H and O–H groups in total. The van der Waals surface area contributed by atoms with Crippen molar-refractivity contribution in [3.05, 3.63) is 74.4 Å². The van der Waals surface area contributed by atoms with Crippen molar-refractivity contribution in [1.29, 1.82) is 5.41 Å². The number of nitrogens with one attached hydrogen (secondary N) is 4. The molecule has 34 heavy (non-hydrogen) atoms. The molecule has 0 aliphatic carbocycles. The van der Waals surface area contributed by atoms with Gasteiger partial charge in [0.1, 0.15) is 11.4 Å². The molecule has 0 radical (unpaired) electrons. The van der Waals surface area contributed by atoms with Gasteiger partial charge in [-0.2, -0.15) is 0 Å². The lowest BCUT2D eigenvalue weighted by Crippen LogP contribution is -2.40. The Bertz CT molecular complexity index is 1150. The Hall–Kier alpha value is -2.52. The summed E-state index contributed by atoms with van der Waals surface area (Å²) in [6, 6.07) is 9.43. The van der Waals surface area contributed by atoms with E-state index in [0.717, 1.165) is 43.4 Å². The van der Waals surface area contributed by atoms with Crippen molar-refractivity contribution in [2.24, 2.45) is 0 Å². The number of rotatable bonds is 7. The first kappa shape index (κ1) is 27.7. The summed E-state index contributed by atoms with van der Waals surface area (Å²) < 4.78 is 0. The van der Waals surface area contributed by atoms with E-state index in [1.807, 2.05) is 18.2 Å². The van der Waals surface area contributed by atoms with Gasteiger partial charge in [-0.1, -0.05) is 29.3 Å². The van der Waals surface area contributed by atoms with E-state index in [2.05, 4.69) is 30.5 Å². The molecule has 3 aromatic rings. The lowest BCUT2D eigenvalue weighted by molar-refractivity contribution is 0.526. The maximum atomic E-state index is 12.7. The molecule has 2 aromatic heterocycles. The summed E-state index contributed by atoms with van der Waals surface area (Å²) in [4.78, 5) is 26.2. The number of nitrogens with zero attached hydrogens (tertiary/aromatic N) is 3. The molecule has 0 spiro atoms. The van der Waals surface area contributed by atoms with Crippen LogP contribution in [-0.4, -0.2) is 40.3 Å². The van der Waals surface area contributed by atoms with Crippen LogP contribution in [0.3, 0.4) is 0 Å². The summed E-state index contributed by atoms with van der Waals surface area (Å²) in [5.74, 6) is 0.289. The van der Waals surface area contributed by atoms with Crippen LogP contribution in [0.2, 0.25) is 10.0 Å². The summed E-state index contributed by atoms with van der Waals surface area (Å²) in [6.45, 7) is 2.14. The number of hydrogen-bond donors (Lipinski definition) is 4. The van der Waals surface area contributed by atoms with Gasteiger partial charge in [0.25, 0.3) is 5.56 Å². The summed E-state index contributed by atoms with van der Waals surface area (Å²) in [7, 11) is 0. The highest BCUT2D eigenvalue weighted by atomic mass is 35.5. The van der Waals surface area contributed by atoms with Gasteiger partial charge in [-0.3, -0.25) is 14.8 Å². The zero-order valence-electron chi connectivity index (χ0n) is 18.1. The highest BCUT2D eigenvalue weighted by Gasteiger charge is 2.21. The summed E-state index contributed by atoms with van der Waals surface area (Å²) >= 11 is 12.0. The fourth-order valence-electron chi connectivity index (χ4n) is 3.69. The van der Waals surface area contributed by atoms with Crippen molar-refractivity contribution < 1.29 is 0 Å². The molecule has 182 valence electrons. The molecule has 1 aliphatic heterocycles. The second-order valence-corrected chi connectivity index (χ2v) is 8.35. The normalized spacial score (nSPS) is 13.4. The maximum Gasteiger partial charge on any atom is 0.276 e. The molecule has 1 fully saturated rings. The van der Waals surface area contributed by atoms with Crippen LogP contribution in [-0.2, 0) is 6.54 Å². The van der Waals surface area contributed by atoms with Crippen LogP contribution < -0.4 is 21.1 Å². The average molecular weight is 545 g/mol. The van der Waals surface area contributed by atoms with E-state index in [1.54, 1.807) is 24.5 Å². The fourth-order valence-corrected chi connectivity index (χ4v) is 4.02. The molecule has 1 aromatic carbocycles. The monoisotopic (exact) mass is 543 g/mol. The molecule has 0 unspecified atom stereocenters. The molecule has 0 saturated carbocycles. The first-order valence-electron chi connectivity index (χ1n) is 10.3. The van der Waals surface area contributed by atoms with Gasteiger partial charge in [0, 0.05) is 50.0 Å². The van der Waals surface area contributed by atoms with Crippen molar-refractivity contribution in [1.82, 2.24) is 15.0 Å². The predicted octanol–water partition coefficient (Wildman–Crippen LogP) is 5.01. The summed E-state index contributed by atoms with van der Waals surface area (Å²) in [5.41, 5.74) is 2.34. The number of halogens is 4. The topological polar surface area (TPSA) is 110 Å². The molecule has 0 atom stereocenters. The van der Waals surface area contributed by atoms with Crippen LogP contribution in [0.15, 0.2) is 47.5 Å². The third-order valence-corrected chi connectivity index (χ3v) is 6.14. The molecular weight excluding hydrogens is 520 g/mol. The first-order chi connectivity index (χ1) is 15.5. The van der Waals surface area contributed by atoms with Crippen molar-refractivity contribution in [2.45, 2.75) is 25.4 Å². The van der Waals surface area contributed by atoms with Gasteiger partial charge in [0.2, 0.25) is 5.95 Å². The van der Waals surface area contributed by atoms with E-state index in [0.29, 0.717) is 28.0 Å². The Labute approximate surface area is 219 Å². The molecular formula is C22H25Cl4N7O. The SMILES string of the molecule is Cl.Cl.N=Cc1nc(NCc2ccc(Cl)c(Cl)c2)[nH]c(=O)c1NC1CCN(c2ccncc2)CC1. The maximum absolute atomic E-state index is 12.7. The highest BCUT2D eigenvalue weighted by Crippen LogP contribution is 2.23. The summed E-state index contributed by atoms with van der Waals surface area (Å²) in [6.07, 6.45) is 6.41. The van der Waals surface area contributed by atoms with Crippen LogP contribution in [0, 0.1) is 5.41 Å². The minimum Gasteiger partial charge on any atom is -0.376 e. The van der Waals surface area contributed by atoms with Gasteiger partial charge in [-0.15, -0.1) is 24.8 Å². The lowest BCUT2D eigenvalue weighted by atomic mass is 10.0. The molecule has 8 nitrogen and oxygen atoms in total. The number of hydrogen-bond acceptors (Lipinski definition) is 7. The molecule has 1 aliphatic rings. The number of pyridine rings is 1. The molecule has 12 heteroatoms. The quantitative estimate of drug-likeness (QED) is 0.311. The molecule has 4 rings (SSSR count). The Kier molecular flexibility index (Phi) is 10.4. The van der Waals surface area contributed by atoms with Crippen LogP contribution in [0.1, 0.15) is 24.1 Å².